The summed E-state index contributed by atoms with van der Waals surface area (Å²) in [6, 6.07) is 0. The first-order valence-electron chi connectivity index (χ1n) is 6.66. The van der Waals surface area contributed by atoms with Crippen molar-refractivity contribution in [1.29, 1.82) is 0 Å². The van der Waals surface area contributed by atoms with Crippen LogP contribution >= 0.6 is 0 Å². The van der Waals surface area contributed by atoms with Crippen molar-refractivity contribution in [3.05, 3.63) is 11.4 Å². The minimum atomic E-state index is 0.658. The lowest BCUT2D eigenvalue weighted by Gasteiger charge is -2.24. The molecule has 1 aliphatic carbocycles. The third-order valence-corrected chi connectivity index (χ3v) is 3.73. The summed E-state index contributed by atoms with van der Waals surface area (Å²) in [4.78, 5) is 0. The van der Waals surface area contributed by atoms with Crippen molar-refractivity contribution in [3.8, 4) is 0 Å². The maximum atomic E-state index is 4.37. The maximum absolute atomic E-state index is 4.37. The van der Waals surface area contributed by atoms with E-state index < -0.39 is 0 Å². The molecule has 90 valence electrons. The molecule has 3 heteroatoms. The molecule has 1 aromatic rings. The van der Waals surface area contributed by atoms with Gasteiger partial charge < -0.3 is 0 Å². The summed E-state index contributed by atoms with van der Waals surface area (Å²) in [7, 11) is 0. The number of hydrogen-bond acceptors (Lipinski definition) is 2. The van der Waals surface area contributed by atoms with Crippen LogP contribution in [0.25, 0.3) is 0 Å². The van der Waals surface area contributed by atoms with Crippen molar-refractivity contribution in [1.82, 2.24) is 15.0 Å². The van der Waals surface area contributed by atoms with Crippen LogP contribution in [0.2, 0.25) is 0 Å². The molecule has 0 saturated heterocycles. The van der Waals surface area contributed by atoms with E-state index in [1.165, 1.54) is 37.1 Å². The highest BCUT2D eigenvalue weighted by molar-refractivity contribution is 5.17. The molecular weight excluding hydrogens is 198 g/mol. The van der Waals surface area contributed by atoms with E-state index in [0.29, 0.717) is 11.8 Å². The molecule has 2 rings (SSSR count). The van der Waals surface area contributed by atoms with Gasteiger partial charge in [0, 0.05) is 12.5 Å². The predicted octanol–water partition coefficient (Wildman–Crippen LogP) is 3.15. The largest absolute Gasteiger partial charge is 0.249 e. The van der Waals surface area contributed by atoms with Gasteiger partial charge in [-0.3, -0.25) is 0 Å². The molecule has 1 unspecified atom stereocenters. The molecule has 1 aromatic heterocycles. The number of fused-ring (bicyclic) bond motifs is 1. The first-order valence-corrected chi connectivity index (χ1v) is 6.66. The van der Waals surface area contributed by atoms with E-state index in [1.54, 1.807) is 0 Å². The third-order valence-electron chi connectivity index (χ3n) is 3.73. The smallest absolute Gasteiger partial charge is 0.0862 e. The fourth-order valence-corrected chi connectivity index (χ4v) is 2.79. The quantitative estimate of drug-likeness (QED) is 0.768. The summed E-state index contributed by atoms with van der Waals surface area (Å²) < 4.78 is 2.12. The number of nitrogens with zero attached hydrogens (tertiary/aromatic N) is 3. The van der Waals surface area contributed by atoms with Gasteiger partial charge in [0.05, 0.1) is 11.4 Å². The monoisotopic (exact) mass is 221 g/mol. The molecule has 0 amide bonds. The van der Waals surface area contributed by atoms with Gasteiger partial charge >= 0.3 is 0 Å². The van der Waals surface area contributed by atoms with Crippen molar-refractivity contribution < 1.29 is 0 Å². The van der Waals surface area contributed by atoms with Gasteiger partial charge in [0.2, 0.25) is 0 Å². The van der Waals surface area contributed by atoms with E-state index in [-0.39, 0.29) is 0 Å². The zero-order valence-electron chi connectivity index (χ0n) is 10.7. The van der Waals surface area contributed by atoms with Crippen molar-refractivity contribution in [2.75, 3.05) is 0 Å². The summed E-state index contributed by atoms with van der Waals surface area (Å²) in [5, 5.41) is 8.67. The van der Waals surface area contributed by atoms with Crippen molar-refractivity contribution >= 4 is 0 Å². The molecule has 0 radical (unpaired) electrons. The normalized spacial score (nSPS) is 21.6. The van der Waals surface area contributed by atoms with E-state index >= 15 is 0 Å². The summed E-state index contributed by atoms with van der Waals surface area (Å²) in [5.41, 5.74) is 2.69. The van der Waals surface area contributed by atoms with E-state index in [1.807, 2.05) is 0 Å². The highest BCUT2D eigenvalue weighted by Gasteiger charge is 2.25. The fraction of sp³-hybridized carbons (Fsp3) is 0.846. The molecule has 0 aromatic carbocycles. The van der Waals surface area contributed by atoms with Gasteiger partial charge in [-0.15, -0.1) is 5.10 Å². The first-order chi connectivity index (χ1) is 7.74. The Morgan fingerprint density at radius 2 is 2.12 bits per heavy atom. The van der Waals surface area contributed by atoms with Crippen LogP contribution in [0.3, 0.4) is 0 Å². The highest BCUT2D eigenvalue weighted by atomic mass is 15.4. The second kappa shape index (κ2) is 4.98. The summed E-state index contributed by atoms with van der Waals surface area (Å²) in [6.45, 7) is 7.75. The molecule has 0 spiro atoms. The number of hydrogen-bond donors (Lipinski definition) is 0. The van der Waals surface area contributed by atoms with Gasteiger partial charge in [-0.2, -0.15) is 0 Å². The molecule has 0 fully saturated rings. The van der Waals surface area contributed by atoms with E-state index in [2.05, 4.69) is 35.8 Å². The average molecular weight is 221 g/mol. The summed E-state index contributed by atoms with van der Waals surface area (Å²) in [6.07, 6.45) is 6.41. The Labute approximate surface area is 98.2 Å². The molecule has 3 nitrogen and oxygen atoms in total. The van der Waals surface area contributed by atoms with Gasteiger partial charge in [0.25, 0.3) is 0 Å². The van der Waals surface area contributed by atoms with Crippen LogP contribution in [-0.2, 0) is 13.0 Å². The Balaban J connectivity index is 2.38. The Bertz CT molecular complexity index is 341. The number of aryl methyl sites for hydroxylation is 2. The lowest BCUT2D eigenvalue weighted by Crippen LogP contribution is -2.16. The van der Waals surface area contributed by atoms with Crippen LogP contribution in [0.15, 0.2) is 0 Å². The standard InChI is InChI=1S/C13H23N3/c1-4-16-13-11(10(2)3)8-6-5-7-9-12(13)14-15-16/h10-11H,4-9H2,1-3H3. The second-order valence-corrected chi connectivity index (χ2v) is 5.19. The Hall–Kier alpha value is -0.860. The lowest BCUT2D eigenvalue weighted by atomic mass is 9.84. The predicted molar refractivity (Wildman–Crippen MR) is 65.4 cm³/mol. The molecule has 0 saturated carbocycles. The average Bonchev–Trinajstić information content (AvgIpc) is 2.60. The van der Waals surface area contributed by atoms with Gasteiger partial charge in [-0.25, -0.2) is 4.68 Å². The number of aromatic nitrogens is 3. The fourth-order valence-electron chi connectivity index (χ4n) is 2.79. The summed E-state index contributed by atoms with van der Waals surface area (Å²) >= 11 is 0. The topological polar surface area (TPSA) is 30.7 Å². The second-order valence-electron chi connectivity index (χ2n) is 5.19. The Morgan fingerprint density at radius 1 is 1.31 bits per heavy atom. The van der Waals surface area contributed by atoms with Gasteiger partial charge in [0.15, 0.2) is 0 Å². The summed E-state index contributed by atoms with van der Waals surface area (Å²) in [5.74, 6) is 1.35. The molecule has 0 N–H and O–H groups in total. The van der Waals surface area contributed by atoms with Gasteiger partial charge in [-0.1, -0.05) is 31.9 Å². The van der Waals surface area contributed by atoms with Crippen molar-refractivity contribution in [3.63, 3.8) is 0 Å². The van der Waals surface area contributed by atoms with Crippen LogP contribution in [0.4, 0.5) is 0 Å². The molecule has 1 aliphatic rings. The lowest BCUT2D eigenvalue weighted by molar-refractivity contribution is 0.403. The molecule has 0 aliphatic heterocycles. The zero-order valence-corrected chi connectivity index (χ0v) is 10.7. The van der Waals surface area contributed by atoms with E-state index in [4.69, 9.17) is 0 Å². The zero-order chi connectivity index (χ0) is 11.5. The van der Waals surface area contributed by atoms with E-state index in [0.717, 1.165) is 13.0 Å². The van der Waals surface area contributed by atoms with Crippen molar-refractivity contribution in [2.45, 2.75) is 65.3 Å². The van der Waals surface area contributed by atoms with Crippen molar-refractivity contribution in [2.24, 2.45) is 5.92 Å². The van der Waals surface area contributed by atoms with Crippen LogP contribution in [0.1, 0.15) is 63.8 Å². The SMILES string of the molecule is CCn1nnc2c1C(C(C)C)CCCCC2. The van der Waals surface area contributed by atoms with Crippen LogP contribution in [-0.4, -0.2) is 15.0 Å². The maximum Gasteiger partial charge on any atom is 0.0862 e. The van der Waals surface area contributed by atoms with Crippen LogP contribution in [0, 0.1) is 5.92 Å². The third kappa shape index (κ3) is 2.13. The first kappa shape index (κ1) is 11.6. The van der Waals surface area contributed by atoms with Crippen LogP contribution < -0.4 is 0 Å². The highest BCUT2D eigenvalue weighted by Crippen LogP contribution is 2.33. The molecule has 1 heterocycles. The van der Waals surface area contributed by atoms with Gasteiger partial charge in [0.1, 0.15) is 0 Å². The van der Waals surface area contributed by atoms with Crippen LogP contribution in [0.5, 0.6) is 0 Å². The Kier molecular flexibility index (Phi) is 3.62. The molecule has 16 heavy (non-hydrogen) atoms. The van der Waals surface area contributed by atoms with Gasteiger partial charge in [-0.05, 0) is 32.1 Å². The minimum Gasteiger partial charge on any atom is -0.249 e. The molecule has 1 atom stereocenters. The minimum absolute atomic E-state index is 0.658. The number of rotatable bonds is 2. The molecular formula is C13H23N3. The van der Waals surface area contributed by atoms with E-state index in [9.17, 15) is 0 Å². The molecule has 0 bridgehead atoms. The Morgan fingerprint density at radius 3 is 2.81 bits per heavy atom.